The Morgan fingerprint density at radius 2 is 1.56 bits per heavy atom. The fraction of sp³-hybridized carbons (Fsp3) is 0.0769. The number of hydrogen-bond donors (Lipinski definition) is 2. The molecule has 0 spiro atoms. The second kappa shape index (κ2) is 9.03. The lowest BCUT2D eigenvalue weighted by atomic mass is 10.0. The Bertz CT molecular complexity index is 1470. The second-order valence-electron chi connectivity index (χ2n) is 7.73. The minimum absolute atomic E-state index is 0.0451. The van der Waals surface area contributed by atoms with E-state index >= 15 is 0 Å². The molecule has 3 aromatic heterocycles. The van der Waals surface area contributed by atoms with Crippen LogP contribution in [0.25, 0.3) is 33.4 Å². The van der Waals surface area contributed by atoms with Crippen molar-refractivity contribution in [2.24, 2.45) is 0 Å². The summed E-state index contributed by atoms with van der Waals surface area (Å²) < 4.78 is 0. The number of carbonyl (C=O) groups excluding carboxylic acids is 1. The minimum Gasteiger partial charge on any atom is -0.382 e. The highest BCUT2D eigenvalue weighted by atomic mass is 16.2. The van der Waals surface area contributed by atoms with Crippen LogP contribution in [0.1, 0.15) is 29.3 Å². The first-order chi connectivity index (χ1) is 16.6. The van der Waals surface area contributed by atoms with Gasteiger partial charge in [-0.2, -0.15) is 0 Å². The largest absolute Gasteiger partial charge is 0.382 e. The minimum atomic E-state index is -0.451. The monoisotopic (exact) mass is 447 g/mol. The van der Waals surface area contributed by atoms with Crippen LogP contribution in [0, 0.1) is 0 Å². The zero-order valence-electron chi connectivity index (χ0n) is 18.4. The highest BCUT2D eigenvalue weighted by Crippen LogP contribution is 2.32. The molecular weight excluding hydrogens is 426 g/mol. The summed E-state index contributed by atoms with van der Waals surface area (Å²) >= 11 is 0. The standard InChI is InChI=1S/C26H21N7O/c1-16(25-29-13-6-14-30-25)31-26(34)23-24(27)33-21(17-7-3-2-4-8-17)22(32-23)19-10-11-20-18(15-19)9-5-12-28-20/h2-16H,1H3,(H2,27,33)(H,31,34). The van der Waals surface area contributed by atoms with Gasteiger partial charge in [0, 0.05) is 35.1 Å². The number of hydrogen-bond acceptors (Lipinski definition) is 7. The maximum Gasteiger partial charge on any atom is 0.274 e. The summed E-state index contributed by atoms with van der Waals surface area (Å²) in [4.78, 5) is 35.2. The molecule has 0 fully saturated rings. The molecule has 0 radical (unpaired) electrons. The van der Waals surface area contributed by atoms with Crippen molar-refractivity contribution in [2.75, 3.05) is 5.73 Å². The molecule has 0 aliphatic carbocycles. The van der Waals surface area contributed by atoms with Gasteiger partial charge in [0.05, 0.1) is 22.9 Å². The SMILES string of the molecule is CC(NC(=O)c1nc(-c2ccc3ncccc3c2)c(-c2ccccc2)nc1N)c1ncccn1. The average molecular weight is 448 g/mol. The number of fused-ring (bicyclic) bond motifs is 1. The molecule has 1 amide bonds. The van der Waals surface area contributed by atoms with Crippen LogP contribution in [0.3, 0.4) is 0 Å². The van der Waals surface area contributed by atoms with Crippen molar-refractivity contribution in [1.29, 1.82) is 0 Å². The van der Waals surface area contributed by atoms with E-state index in [9.17, 15) is 4.79 Å². The number of benzene rings is 2. The van der Waals surface area contributed by atoms with Crippen LogP contribution in [0.5, 0.6) is 0 Å². The number of rotatable bonds is 5. The van der Waals surface area contributed by atoms with Gasteiger partial charge in [-0.3, -0.25) is 9.78 Å². The van der Waals surface area contributed by atoms with E-state index in [1.807, 2.05) is 60.7 Å². The van der Waals surface area contributed by atoms with E-state index in [1.54, 1.807) is 31.6 Å². The topological polar surface area (TPSA) is 120 Å². The number of nitrogens with two attached hydrogens (primary N) is 1. The average Bonchev–Trinajstić information content (AvgIpc) is 2.89. The number of anilines is 1. The van der Waals surface area contributed by atoms with Crippen LogP contribution in [0.4, 0.5) is 5.82 Å². The van der Waals surface area contributed by atoms with Crippen LogP contribution in [0.15, 0.2) is 85.3 Å². The molecular formula is C26H21N7O. The molecule has 2 aromatic carbocycles. The fourth-order valence-corrected chi connectivity index (χ4v) is 3.70. The Balaban J connectivity index is 1.60. The molecule has 34 heavy (non-hydrogen) atoms. The van der Waals surface area contributed by atoms with Gasteiger partial charge < -0.3 is 11.1 Å². The van der Waals surface area contributed by atoms with Crippen molar-refractivity contribution in [2.45, 2.75) is 13.0 Å². The van der Waals surface area contributed by atoms with Crippen LogP contribution in [-0.2, 0) is 0 Å². The molecule has 5 aromatic rings. The summed E-state index contributed by atoms with van der Waals surface area (Å²) in [6.45, 7) is 1.80. The van der Waals surface area contributed by atoms with Crippen LogP contribution < -0.4 is 11.1 Å². The molecule has 8 nitrogen and oxygen atoms in total. The zero-order chi connectivity index (χ0) is 23.5. The predicted molar refractivity (Wildman–Crippen MR) is 131 cm³/mol. The van der Waals surface area contributed by atoms with Gasteiger partial charge >= 0.3 is 0 Å². The molecule has 8 heteroatoms. The first kappa shape index (κ1) is 21.1. The van der Waals surface area contributed by atoms with Gasteiger partial charge in [0.1, 0.15) is 5.82 Å². The third-order valence-electron chi connectivity index (χ3n) is 5.38. The summed E-state index contributed by atoms with van der Waals surface area (Å²) in [5.41, 5.74) is 9.95. The van der Waals surface area contributed by atoms with Gasteiger partial charge in [-0.05, 0) is 31.2 Å². The number of amides is 1. The van der Waals surface area contributed by atoms with Crippen molar-refractivity contribution in [3.05, 3.63) is 96.8 Å². The van der Waals surface area contributed by atoms with Gasteiger partial charge in [-0.25, -0.2) is 19.9 Å². The maximum absolute atomic E-state index is 13.1. The summed E-state index contributed by atoms with van der Waals surface area (Å²) in [7, 11) is 0. The van der Waals surface area contributed by atoms with Crippen molar-refractivity contribution in [1.82, 2.24) is 30.2 Å². The quantitative estimate of drug-likeness (QED) is 0.414. The lowest BCUT2D eigenvalue weighted by Gasteiger charge is -2.15. The fourth-order valence-electron chi connectivity index (χ4n) is 3.70. The Morgan fingerprint density at radius 3 is 2.35 bits per heavy atom. The summed E-state index contributed by atoms with van der Waals surface area (Å²) in [5.74, 6) is 0.0857. The third kappa shape index (κ3) is 4.16. The Hall–Kier alpha value is -4.72. The highest BCUT2D eigenvalue weighted by molar-refractivity contribution is 5.98. The maximum atomic E-state index is 13.1. The van der Waals surface area contributed by atoms with E-state index in [0.717, 1.165) is 22.0 Å². The Labute approximate surface area is 196 Å². The van der Waals surface area contributed by atoms with E-state index in [1.165, 1.54) is 0 Å². The molecule has 1 unspecified atom stereocenters. The smallest absolute Gasteiger partial charge is 0.274 e. The number of pyridine rings is 1. The lowest BCUT2D eigenvalue weighted by Crippen LogP contribution is -2.29. The van der Waals surface area contributed by atoms with Crippen LogP contribution in [-0.4, -0.2) is 30.8 Å². The van der Waals surface area contributed by atoms with E-state index in [4.69, 9.17) is 10.7 Å². The molecule has 3 N–H and O–H groups in total. The number of nitrogens with one attached hydrogen (secondary N) is 1. The molecule has 0 aliphatic rings. The number of carbonyl (C=O) groups is 1. The van der Waals surface area contributed by atoms with E-state index < -0.39 is 11.9 Å². The van der Waals surface area contributed by atoms with Gasteiger partial charge in [0.15, 0.2) is 11.5 Å². The number of nitrogen functional groups attached to an aromatic ring is 1. The van der Waals surface area contributed by atoms with Crippen molar-refractivity contribution < 1.29 is 4.79 Å². The van der Waals surface area contributed by atoms with Crippen molar-refractivity contribution in [3.8, 4) is 22.5 Å². The van der Waals surface area contributed by atoms with E-state index in [-0.39, 0.29) is 11.5 Å². The zero-order valence-corrected chi connectivity index (χ0v) is 18.4. The first-order valence-electron chi connectivity index (χ1n) is 10.8. The molecule has 0 saturated heterocycles. The molecule has 0 aliphatic heterocycles. The highest BCUT2D eigenvalue weighted by Gasteiger charge is 2.22. The number of nitrogens with zero attached hydrogens (tertiary/aromatic N) is 5. The summed E-state index contributed by atoms with van der Waals surface area (Å²) in [5, 5.41) is 3.82. The molecule has 5 rings (SSSR count). The second-order valence-corrected chi connectivity index (χ2v) is 7.73. The van der Waals surface area contributed by atoms with E-state index in [0.29, 0.717) is 17.2 Å². The van der Waals surface area contributed by atoms with Gasteiger partial charge in [0.2, 0.25) is 0 Å². The lowest BCUT2D eigenvalue weighted by molar-refractivity contribution is 0.0934. The Kier molecular flexibility index (Phi) is 5.61. The number of aromatic nitrogens is 5. The third-order valence-corrected chi connectivity index (χ3v) is 5.38. The molecule has 3 heterocycles. The van der Waals surface area contributed by atoms with Crippen LogP contribution >= 0.6 is 0 Å². The van der Waals surface area contributed by atoms with Crippen molar-refractivity contribution in [3.63, 3.8) is 0 Å². The molecule has 0 bridgehead atoms. The van der Waals surface area contributed by atoms with Gasteiger partial charge in [-0.1, -0.05) is 42.5 Å². The normalized spacial score (nSPS) is 11.8. The molecule has 1 atom stereocenters. The molecule has 0 saturated carbocycles. The predicted octanol–water partition coefficient (Wildman–Crippen LogP) is 4.22. The van der Waals surface area contributed by atoms with Crippen molar-refractivity contribution >= 4 is 22.6 Å². The first-order valence-corrected chi connectivity index (χ1v) is 10.8. The summed E-state index contributed by atoms with van der Waals surface area (Å²) in [6, 6.07) is 20.6. The van der Waals surface area contributed by atoms with Gasteiger partial charge in [0.25, 0.3) is 5.91 Å². The summed E-state index contributed by atoms with van der Waals surface area (Å²) in [6.07, 6.45) is 5.00. The van der Waals surface area contributed by atoms with Crippen LogP contribution in [0.2, 0.25) is 0 Å². The Morgan fingerprint density at radius 1 is 0.824 bits per heavy atom. The van der Waals surface area contributed by atoms with E-state index in [2.05, 4.69) is 25.3 Å². The van der Waals surface area contributed by atoms with Gasteiger partial charge in [-0.15, -0.1) is 0 Å². The molecule has 166 valence electrons.